The van der Waals surface area contributed by atoms with E-state index in [-0.39, 0.29) is 22.9 Å². The number of halogens is 1. The highest BCUT2D eigenvalue weighted by molar-refractivity contribution is 5.91. The fraction of sp³-hybridized carbons (Fsp3) is 0.368. The lowest BCUT2D eigenvalue weighted by molar-refractivity contribution is 0.0926. The van der Waals surface area contributed by atoms with Gasteiger partial charge in [0.25, 0.3) is 5.91 Å². The largest absolute Gasteiger partial charge is 0.459 e. The van der Waals surface area contributed by atoms with Crippen LogP contribution in [0.15, 0.2) is 52.1 Å². The molecule has 1 aromatic carbocycles. The van der Waals surface area contributed by atoms with Crippen LogP contribution in [0.2, 0.25) is 0 Å². The second kappa shape index (κ2) is 8.03. The van der Waals surface area contributed by atoms with Crippen molar-refractivity contribution in [2.24, 2.45) is 4.99 Å². The zero-order chi connectivity index (χ0) is 18.4. The minimum Gasteiger partial charge on any atom is -0.459 e. The number of nitrogens with zero attached hydrogens (tertiary/aromatic N) is 1. The molecule has 1 amide bonds. The highest BCUT2D eigenvalue weighted by Crippen LogP contribution is 2.48. The van der Waals surface area contributed by atoms with E-state index in [1.807, 2.05) is 12.1 Å². The SMILES string of the molecule is CN=C(NCCNC(=O)c1ccco1)NCC1(c2ccccc2F)CC1. The van der Waals surface area contributed by atoms with Crippen LogP contribution in [0.1, 0.15) is 29.0 Å². The fourth-order valence-corrected chi connectivity index (χ4v) is 2.91. The molecule has 138 valence electrons. The maximum atomic E-state index is 14.1. The second-order valence-electron chi connectivity index (χ2n) is 6.35. The molecule has 0 spiro atoms. The number of nitrogens with one attached hydrogen (secondary N) is 3. The zero-order valence-corrected chi connectivity index (χ0v) is 14.7. The van der Waals surface area contributed by atoms with E-state index >= 15 is 0 Å². The Kier molecular flexibility index (Phi) is 5.55. The van der Waals surface area contributed by atoms with Gasteiger partial charge in [-0.05, 0) is 36.6 Å². The Balaban J connectivity index is 1.43. The number of benzene rings is 1. The van der Waals surface area contributed by atoms with Crippen LogP contribution in [0.3, 0.4) is 0 Å². The van der Waals surface area contributed by atoms with Crippen molar-refractivity contribution < 1.29 is 13.6 Å². The normalized spacial score (nSPS) is 15.4. The summed E-state index contributed by atoms with van der Waals surface area (Å²) in [6, 6.07) is 10.2. The summed E-state index contributed by atoms with van der Waals surface area (Å²) in [7, 11) is 1.68. The van der Waals surface area contributed by atoms with E-state index in [0.29, 0.717) is 25.6 Å². The molecule has 26 heavy (non-hydrogen) atoms. The molecule has 1 heterocycles. The fourth-order valence-electron chi connectivity index (χ4n) is 2.91. The summed E-state index contributed by atoms with van der Waals surface area (Å²) in [5, 5.41) is 9.15. The van der Waals surface area contributed by atoms with Gasteiger partial charge in [0.1, 0.15) is 5.82 Å². The molecule has 0 atom stereocenters. The molecule has 0 aliphatic heterocycles. The first kappa shape index (κ1) is 18.0. The predicted molar refractivity (Wildman–Crippen MR) is 97.7 cm³/mol. The molecule has 1 aromatic heterocycles. The molecule has 0 bridgehead atoms. The lowest BCUT2D eigenvalue weighted by atomic mass is 9.95. The van der Waals surface area contributed by atoms with E-state index in [4.69, 9.17) is 4.42 Å². The van der Waals surface area contributed by atoms with Gasteiger partial charge in [-0.1, -0.05) is 18.2 Å². The van der Waals surface area contributed by atoms with Gasteiger partial charge in [-0.3, -0.25) is 9.79 Å². The van der Waals surface area contributed by atoms with E-state index in [1.54, 1.807) is 25.2 Å². The standard InChI is InChI=1S/C19H23FN4O2/c1-21-18(23-11-10-22-17(25)16-7-4-12-26-16)24-13-19(8-9-19)14-5-2-3-6-15(14)20/h2-7,12H,8-11,13H2,1H3,(H,22,25)(H2,21,23,24). The molecular weight excluding hydrogens is 335 g/mol. The van der Waals surface area contributed by atoms with Crippen LogP contribution in [0.25, 0.3) is 0 Å². The number of aliphatic imine (C=N–C) groups is 1. The highest BCUT2D eigenvalue weighted by atomic mass is 19.1. The number of amides is 1. The number of hydrogen-bond acceptors (Lipinski definition) is 3. The number of carbonyl (C=O) groups excluding carboxylic acids is 1. The third-order valence-electron chi connectivity index (χ3n) is 4.56. The number of hydrogen-bond donors (Lipinski definition) is 3. The molecule has 3 rings (SSSR count). The third-order valence-corrected chi connectivity index (χ3v) is 4.56. The Bertz CT molecular complexity index is 770. The molecule has 2 aromatic rings. The minimum atomic E-state index is -0.253. The molecule has 0 unspecified atom stereocenters. The Labute approximate surface area is 151 Å². The van der Waals surface area contributed by atoms with Gasteiger partial charge in [0.05, 0.1) is 6.26 Å². The molecular formula is C19H23FN4O2. The summed E-state index contributed by atoms with van der Waals surface area (Å²) in [6.45, 7) is 1.56. The van der Waals surface area contributed by atoms with Crippen molar-refractivity contribution in [3.8, 4) is 0 Å². The summed E-state index contributed by atoms with van der Waals surface area (Å²) in [5.41, 5.74) is 0.602. The van der Waals surface area contributed by atoms with E-state index in [1.165, 1.54) is 12.3 Å². The van der Waals surface area contributed by atoms with Gasteiger partial charge in [-0.2, -0.15) is 0 Å². The van der Waals surface area contributed by atoms with Crippen molar-refractivity contribution in [1.29, 1.82) is 0 Å². The van der Waals surface area contributed by atoms with Gasteiger partial charge >= 0.3 is 0 Å². The molecule has 1 fully saturated rings. The Morgan fingerprint density at radius 3 is 2.58 bits per heavy atom. The van der Waals surface area contributed by atoms with Crippen molar-refractivity contribution in [3.05, 3.63) is 59.8 Å². The van der Waals surface area contributed by atoms with Gasteiger partial charge in [0.15, 0.2) is 11.7 Å². The molecule has 1 aliphatic rings. The van der Waals surface area contributed by atoms with Crippen molar-refractivity contribution in [2.75, 3.05) is 26.7 Å². The lowest BCUT2D eigenvalue weighted by Gasteiger charge is -2.19. The van der Waals surface area contributed by atoms with E-state index in [0.717, 1.165) is 18.4 Å². The number of guanidine groups is 1. The Morgan fingerprint density at radius 2 is 1.92 bits per heavy atom. The van der Waals surface area contributed by atoms with Crippen LogP contribution in [-0.2, 0) is 5.41 Å². The predicted octanol–water partition coefficient (Wildman–Crippen LogP) is 2.05. The molecule has 1 saturated carbocycles. The van der Waals surface area contributed by atoms with Crippen molar-refractivity contribution in [3.63, 3.8) is 0 Å². The van der Waals surface area contributed by atoms with Gasteiger partial charge in [0, 0.05) is 32.1 Å². The minimum absolute atomic E-state index is 0.156. The number of furan rings is 1. The molecule has 6 nitrogen and oxygen atoms in total. The van der Waals surface area contributed by atoms with Crippen LogP contribution in [0.4, 0.5) is 4.39 Å². The summed E-state index contributed by atoms with van der Waals surface area (Å²) in [4.78, 5) is 15.9. The van der Waals surface area contributed by atoms with Gasteiger partial charge in [-0.15, -0.1) is 0 Å². The average Bonchev–Trinajstić information content (AvgIpc) is 3.23. The molecule has 7 heteroatoms. The first-order valence-corrected chi connectivity index (χ1v) is 8.66. The first-order valence-electron chi connectivity index (χ1n) is 8.66. The van der Waals surface area contributed by atoms with Crippen molar-refractivity contribution in [2.45, 2.75) is 18.3 Å². The number of rotatable bonds is 7. The quantitative estimate of drug-likeness (QED) is 0.402. The Morgan fingerprint density at radius 1 is 1.15 bits per heavy atom. The van der Waals surface area contributed by atoms with Crippen molar-refractivity contribution in [1.82, 2.24) is 16.0 Å². The highest BCUT2D eigenvalue weighted by Gasteiger charge is 2.45. The van der Waals surface area contributed by atoms with Gasteiger partial charge in [-0.25, -0.2) is 4.39 Å². The maximum Gasteiger partial charge on any atom is 0.287 e. The Hall–Kier alpha value is -2.83. The van der Waals surface area contributed by atoms with Crippen LogP contribution in [-0.4, -0.2) is 38.5 Å². The van der Waals surface area contributed by atoms with Crippen LogP contribution in [0, 0.1) is 5.82 Å². The monoisotopic (exact) mass is 358 g/mol. The summed E-state index contributed by atoms with van der Waals surface area (Å²) in [6.07, 6.45) is 3.37. The zero-order valence-electron chi connectivity index (χ0n) is 14.7. The molecule has 3 N–H and O–H groups in total. The lowest BCUT2D eigenvalue weighted by Crippen LogP contribution is -2.44. The summed E-state index contributed by atoms with van der Waals surface area (Å²) in [5.74, 6) is 0.500. The van der Waals surface area contributed by atoms with E-state index in [9.17, 15) is 9.18 Å². The summed E-state index contributed by atoms with van der Waals surface area (Å²) >= 11 is 0. The molecule has 0 saturated heterocycles. The molecule has 0 radical (unpaired) electrons. The second-order valence-corrected chi connectivity index (χ2v) is 6.35. The van der Waals surface area contributed by atoms with Crippen molar-refractivity contribution >= 4 is 11.9 Å². The van der Waals surface area contributed by atoms with Gasteiger partial charge < -0.3 is 20.4 Å². The maximum absolute atomic E-state index is 14.1. The average molecular weight is 358 g/mol. The topological polar surface area (TPSA) is 78.7 Å². The van der Waals surface area contributed by atoms with E-state index in [2.05, 4.69) is 20.9 Å². The summed E-state index contributed by atoms with van der Waals surface area (Å²) < 4.78 is 19.1. The van der Waals surface area contributed by atoms with Gasteiger partial charge in [0.2, 0.25) is 0 Å². The van der Waals surface area contributed by atoms with Crippen LogP contribution < -0.4 is 16.0 Å². The third kappa shape index (κ3) is 4.22. The smallest absolute Gasteiger partial charge is 0.287 e. The van der Waals surface area contributed by atoms with Crippen LogP contribution in [0.5, 0.6) is 0 Å². The molecule has 1 aliphatic carbocycles. The first-order chi connectivity index (χ1) is 12.6. The van der Waals surface area contributed by atoms with E-state index < -0.39 is 0 Å². The van der Waals surface area contributed by atoms with Crippen LogP contribution >= 0.6 is 0 Å². The number of carbonyl (C=O) groups is 1.